The fraction of sp³-hybridized carbons (Fsp3) is 0.417. The summed E-state index contributed by atoms with van der Waals surface area (Å²) in [6.45, 7) is 1.96. The normalized spacial score (nSPS) is 22.0. The van der Waals surface area contributed by atoms with Crippen molar-refractivity contribution in [2.24, 2.45) is 5.92 Å². The van der Waals surface area contributed by atoms with Gasteiger partial charge in [-0.1, -0.05) is 18.2 Å². The van der Waals surface area contributed by atoms with Crippen LogP contribution in [0.1, 0.15) is 12.8 Å². The predicted molar refractivity (Wildman–Crippen MR) is 57.4 cm³/mol. The van der Waals surface area contributed by atoms with Crippen molar-refractivity contribution < 1.29 is 4.79 Å². The average molecular weight is 189 g/mol. The third kappa shape index (κ3) is 1.95. The lowest BCUT2D eigenvalue weighted by atomic mass is 9.99. The molecule has 1 aliphatic heterocycles. The summed E-state index contributed by atoms with van der Waals surface area (Å²) in [7, 11) is 0. The van der Waals surface area contributed by atoms with Crippen LogP contribution in [0.5, 0.6) is 0 Å². The van der Waals surface area contributed by atoms with Gasteiger partial charge in [0, 0.05) is 24.7 Å². The average Bonchev–Trinajstić information content (AvgIpc) is 2.30. The molecule has 2 rings (SSSR count). The van der Waals surface area contributed by atoms with Gasteiger partial charge < -0.3 is 9.69 Å². The maximum Gasteiger partial charge on any atom is 0.124 e. The van der Waals surface area contributed by atoms with Gasteiger partial charge in [0.2, 0.25) is 0 Å². The number of carbonyl (C=O) groups excluding carboxylic acids is 1. The zero-order valence-electron chi connectivity index (χ0n) is 8.23. The Balaban J connectivity index is 2.08. The number of hydrogen-bond donors (Lipinski definition) is 0. The third-order valence-electron chi connectivity index (χ3n) is 2.77. The number of rotatable bonds is 2. The highest BCUT2D eigenvalue weighted by atomic mass is 16.1. The first-order chi connectivity index (χ1) is 6.90. The zero-order chi connectivity index (χ0) is 9.80. The highest BCUT2D eigenvalue weighted by molar-refractivity contribution is 5.57. The molecule has 1 aromatic carbocycles. The molecular weight excluding hydrogens is 174 g/mol. The number of aldehydes is 1. The van der Waals surface area contributed by atoms with Gasteiger partial charge in [-0.3, -0.25) is 0 Å². The molecule has 0 aromatic heterocycles. The van der Waals surface area contributed by atoms with Gasteiger partial charge in [-0.2, -0.15) is 0 Å². The first kappa shape index (κ1) is 9.25. The summed E-state index contributed by atoms with van der Waals surface area (Å²) in [6, 6.07) is 10.3. The van der Waals surface area contributed by atoms with E-state index in [1.807, 2.05) is 18.2 Å². The molecular formula is C12H15NO. The van der Waals surface area contributed by atoms with Crippen molar-refractivity contribution in [3.8, 4) is 0 Å². The second-order valence-electron chi connectivity index (χ2n) is 3.82. The van der Waals surface area contributed by atoms with Crippen LogP contribution < -0.4 is 4.90 Å². The SMILES string of the molecule is O=CC1CCCN(c2ccccc2)C1. The molecule has 0 saturated carbocycles. The van der Waals surface area contributed by atoms with Crippen molar-refractivity contribution in [3.63, 3.8) is 0 Å². The molecule has 1 aromatic rings. The Labute approximate surface area is 84.5 Å². The van der Waals surface area contributed by atoms with Crippen molar-refractivity contribution in [2.75, 3.05) is 18.0 Å². The monoisotopic (exact) mass is 189 g/mol. The lowest BCUT2D eigenvalue weighted by Gasteiger charge is -2.32. The molecule has 0 N–H and O–H groups in total. The number of benzene rings is 1. The molecule has 14 heavy (non-hydrogen) atoms. The van der Waals surface area contributed by atoms with Crippen molar-refractivity contribution >= 4 is 12.0 Å². The molecule has 1 unspecified atom stereocenters. The van der Waals surface area contributed by atoms with E-state index in [4.69, 9.17) is 0 Å². The fourth-order valence-electron chi connectivity index (χ4n) is 1.99. The first-order valence-electron chi connectivity index (χ1n) is 5.15. The Morgan fingerprint density at radius 1 is 1.29 bits per heavy atom. The largest absolute Gasteiger partial charge is 0.371 e. The summed E-state index contributed by atoms with van der Waals surface area (Å²) < 4.78 is 0. The summed E-state index contributed by atoms with van der Waals surface area (Å²) in [4.78, 5) is 13.0. The lowest BCUT2D eigenvalue weighted by molar-refractivity contribution is -0.111. The highest BCUT2D eigenvalue weighted by Crippen LogP contribution is 2.21. The molecule has 2 nitrogen and oxygen atoms in total. The third-order valence-corrected chi connectivity index (χ3v) is 2.77. The van der Waals surface area contributed by atoms with E-state index in [1.54, 1.807) is 0 Å². The Kier molecular flexibility index (Phi) is 2.82. The van der Waals surface area contributed by atoms with E-state index in [-0.39, 0.29) is 5.92 Å². The van der Waals surface area contributed by atoms with E-state index in [9.17, 15) is 4.79 Å². The van der Waals surface area contributed by atoms with E-state index in [0.29, 0.717) is 0 Å². The van der Waals surface area contributed by atoms with Gasteiger partial charge in [-0.25, -0.2) is 0 Å². The van der Waals surface area contributed by atoms with Crippen LogP contribution in [-0.4, -0.2) is 19.4 Å². The maximum absolute atomic E-state index is 10.7. The lowest BCUT2D eigenvalue weighted by Crippen LogP contribution is -2.35. The summed E-state index contributed by atoms with van der Waals surface area (Å²) in [5.41, 5.74) is 1.24. The second kappa shape index (κ2) is 4.27. The summed E-state index contributed by atoms with van der Waals surface area (Å²) >= 11 is 0. The molecule has 74 valence electrons. The number of carbonyl (C=O) groups is 1. The molecule has 1 atom stereocenters. The van der Waals surface area contributed by atoms with Crippen LogP contribution in [-0.2, 0) is 4.79 Å². The predicted octanol–water partition coefficient (Wildman–Crippen LogP) is 2.10. The first-order valence-corrected chi connectivity index (χ1v) is 5.15. The van der Waals surface area contributed by atoms with Crippen LogP contribution in [0, 0.1) is 5.92 Å². The minimum Gasteiger partial charge on any atom is -0.371 e. The van der Waals surface area contributed by atoms with Gasteiger partial charge in [0.15, 0.2) is 0 Å². The van der Waals surface area contributed by atoms with Crippen LogP contribution in [0.2, 0.25) is 0 Å². The van der Waals surface area contributed by atoms with Crippen molar-refractivity contribution in [1.82, 2.24) is 0 Å². The molecule has 2 heteroatoms. The molecule has 0 amide bonds. The van der Waals surface area contributed by atoms with Crippen LogP contribution >= 0.6 is 0 Å². The van der Waals surface area contributed by atoms with Crippen LogP contribution in [0.25, 0.3) is 0 Å². The number of piperidine rings is 1. The highest BCUT2D eigenvalue weighted by Gasteiger charge is 2.18. The topological polar surface area (TPSA) is 20.3 Å². The number of nitrogens with zero attached hydrogens (tertiary/aromatic N) is 1. The van der Waals surface area contributed by atoms with E-state index < -0.39 is 0 Å². The van der Waals surface area contributed by atoms with Gasteiger partial charge in [-0.05, 0) is 25.0 Å². The summed E-state index contributed by atoms with van der Waals surface area (Å²) in [5, 5.41) is 0. The molecule has 0 spiro atoms. The molecule has 0 aliphatic carbocycles. The van der Waals surface area contributed by atoms with E-state index in [1.165, 1.54) is 5.69 Å². The van der Waals surface area contributed by atoms with Crippen molar-refractivity contribution in [1.29, 1.82) is 0 Å². The van der Waals surface area contributed by atoms with Gasteiger partial charge in [-0.15, -0.1) is 0 Å². The van der Waals surface area contributed by atoms with Crippen molar-refractivity contribution in [3.05, 3.63) is 30.3 Å². The van der Waals surface area contributed by atoms with Crippen LogP contribution in [0.15, 0.2) is 30.3 Å². The van der Waals surface area contributed by atoms with Gasteiger partial charge in [0.25, 0.3) is 0 Å². The minimum absolute atomic E-state index is 0.226. The zero-order valence-corrected chi connectivity index (χ0v) is 8.23. The van der Waals surface area contributed by atoms with E-state index >= 15 is 0 Å². The van der Waals surface area contributed by atoms with Gasteiger partial charge >= 0.3 is 0 Å². The number of anilines is 1. The van der Waals surface area contributed by atoms with E-state index in [0.717, 1.165) is 32.2 Å². The van der Waals surface area contributed by atoms with Gasteiger partial charge in [0.05, 0.1) is 0 Å². The maximum atomic E-state index is 10.7. The van der Waals surface area contributed by atoms with Crippen LogP contribution in [0.3, 0.4) is 0 Å². The molecule has 1 heterocycles. The number of para-hydroxylation sites is 1. The molecule has 1 saturated heterocycles. The summed E-state index contributed by atoms with van der Waals surface area (Å²) in [5.74, 6) is 0.226. The number of hydrogen-bond acceptors (Lipinski definition) is 2. The standard InChI is InChI=1S/C12H15NO/c14-10-11-5-4-8-13(9-11)12-6-2-1-3-7-12/h1-3,6-7,10-11H,4-5,8-9H2. The quantitative estimate of drug-likeness (QED) is 0.664. The fourth-order valence-corrected chi connectivity index (χ4v) is 1.99. The van der Waals surface area contributed by atoms with Gasteiger partial charge in [0.1, 0.15) is 6.29 Å². The molecule has 1 aliphatic rings. The van der Waals surface area contributed by atoms with Crippen molar-refractivity contribution in [2.45, 2.75) is 12.8 Å². The minimum atomic E-state index is 0.226. The van der Waals surface area contributed by atoms with Crippen LogP contribution in [0.4, 0.5) is 5.69 Å². The smallest absolute Gasteiger partial charge is 0.124 e. The molecule has 0 bridgehead atoms. The summed E-state index contributed by atoms with van der Waals surface area (Å²) in [6.07, 6.45) is 3.26. The Morgan fingerprint density at radius 3 is 2.79 bits per heavy atom. The van der Waals surface area contributed by atoms with E-state index in [2.05, 4.69) is 17.0 Å². The Hall–Kier alpha value is -1.31. The molecule has 1 fully saturated rings. The Bertz CT molecular complexity index is 296. The second-order valence-corrected chi connectivity index (χ2v) is 3.82. The molecule has 0 radical (unpaired) electrons. The Morgan fingerprint density at radius 2 is 2.07 bits per heavy atom.